The summed E-state index contributed by atoms with van der Waals surface area (Å²) >= 11 is 12.0. The highest BCUT2D eigenvalue weighted by Crippen LogP contribution is 2.28. The topological polar surface area (TPSA) is 82.7 Å². The third-order valence-corrected chi connectivity index (χ3v) is 5.21. The van der Waals surface area contributed by atoms with Crippen LogP contribution in [0.1, 0.15) is 36.7 Å². The highest BCUT2D eigenvalue weighted by Gasteiger charge is 2.16. The SMILES string of the molecule is Cc1nn(C)c2nc(CN/C(=C\C#N)N(C)c3cc(Cl)nc(Cl)c3)cc(C(C)C)c12. The van der Waals surface area contributed by atoms with E-state index < -0.39 is 0 Å². The maximum Gasteiger partial charge on any atom is 0.158 e. The number of allylic oxidation sites excluding steroid dienone is 1. The second-order valence-corrected chi connectivity index (χ2v) is 8.08. The largest absolute Gasteiger partial charge is 0.365 e. The van der Waals surface area contributed by atoms with Crippen LogP contribution in [0, 0.1) is 18.3 Å². The van der Waals surface area contributed by atoms with Gasteiger partial charge in [0.25, 0.3) is 0 Å². The van der Waals surface area contributed by atoms with E-state index >= 15 is 0 Å². The molecule has 0 aliphatic heterocycles. The molecular formula is C21H23Cl2N7. The van der Waals surface area contributed by atoms with E-state index in [4.69, 9.17) is 28.2 Å². The van der Waals surface area contributed by atoms with Gasteiger partial charge in [0.15, 0.2) is 5.65 Å². The lowest BCUT2D eigenvalue weighted by atomic mass is 9.99. The summed E-state index contributed by atoms with van der Waals surface area (Å²) in [5, 5.41) is 18.7. The smallest absolute Gasteiger partial charge is 0.158 e. The van der Waals surface area contributed by atoms with Crippen molar-refractivity contribution in [3.8, 4) is 6.07 Å². The van der Waals surface area contributed by atoms with Crippen molar-refractivity contribution >= 4 is 39.9 Å². The predicted octanol–water partition coefficient (Wildman–Crippen LogP) is 4.69. The van der Waals surface area contributed by atoms with Gasteiger partial charge in [0.2, 0.25) is 0 Å². The Morgan fingerprint density at radius 1 is 1.27 bits per heavy atom. The molecule has 0 unspecified atom stereocenters. The van der Waals surface area contributed by atoms with Gasteiger partial charge in [0.05, 0.1) is 30.1 Å². The second-order valence-electron chi connectivity index (χ2n) is 7.31. The summed E-state index contributed by atoms with van der Waals surface area (Å²) in [4.78, 5) is 10.5. The number of rotatable bonds is 6. The van der Waals surface area contributed by atoms with Gasteiger partial charge in [0.1, 0.15) is 16.1 Å². The third-order valence-electron chi connectivity index (χ3n) is 4.82. The van der Waals surface area contributed by atoms with Gasteiger partial charge >= 0.3 is 0 Å². The summed E-state index contributed by atoms with van der Waals surface area (Å²) in [5.41, 5.74) is 4.59. The molecule has 0 bridgehead atoms. The van der Waals surface area contributed by atoms with Gasteiger partial charge in [-0.1, -0.05) is 37.0 Å². The van der Waals surface area contributed by atoms with Crippen LogP contribution in [0.2, 0.25) is 10.3 Å². The van der Waals surface area contributed by atoms with E-state index in [1.165, 1.54) is 11.6 Å². The van der Waals surface area contributed by atoms with Gasteiger partial charge in [-0.3, -0.25) is 4.68 Å². The average Bonchev–Trinajstić information content (AvgIpc) is 2.97. The van der Waals surface area contributed by atoms with Crippen molar-refractivity contribution in [1.29, 1.82) is 5.26 Å². The minimum atomic E-state index is 0.279. The van der Waals surface area contributed by atoms with E-state index in [9.17, 15) is 5.26 Å². The minimum Gasteiger partial charge on any atom is -0.365 e. The monoisotopic (exact) mass is 443 g/mol. The van der Waals surface area contributed by atoms with Crippen LogP contribution >= 0.6 is 23.2 Å². The number of hydrogen-bond acceptors (Lipinski definition) is 6. The van der Waals surface area contributed by atoms with Gasteiger partial charge < -0.3 is 10.2 Å². The molecule has 3 aromatic rings. The molecule has 0 aliphatic rings. The molecule has 0 atom stereocenters. The number of aryl methyl sites for hydroxylation is 2. The lowest BCUT2D eigenvalue weighted by Gasteiger charge is -2.23. The molecule has 1 N–H and O–H groups in total. The summed E-state index contributed by atoms with van der Waals surface area (Å²) in [6.45, 7) is 6.75. The highest BCUT2D eigenvalue weighted by molar-refractivity contribution is 6.32. The lowest BCUT2D eigenvalue weighted by molar-refractivity contribution is 0.741. The Morgan fingerprint density at radius 3 is 2.53 bits per heavy atom. The van der Waals surface area contributed by atoms with Crippen molar-refractivity contribution in [1.82, 2.24) is 25.1 Å². The Labute approximate surface area is 185 Å². The Hall–Kier alpha value is -2.82. The molecule has 3 rings (SSSR count). The molecule has 156 valence electrons. The van der Waals surface area contributed by atoms with Gasteiger partial charge in [-0.2, -0.15) is 10.4 Å². The molecule has 0 saturated carbocycles. The number of aromatic nitrogens is 4. The van der Waals surface area contributed by atoms with Gasteiger partial charge in [0, 0.05) is 25.2 Å². The van der Waals surface area contributed by atoms with Crippen molar-refractivity contribution in [3.63, 3.8) is 0 Å². The number of pyridine rings is 2. The number of nitrogens with one attached hydrogen (secondary N) is 1. The first kappa shape index (κ1) is 21.9. The predicted molar refractivity (Wildman–Crippen MR) is 121 cm³/mol. The van der Waals surface area contributed by atoms with Crippen molar-refractivity contribution in [2.75, 3.05) is 11.9 Å². The number of anilines is 1. The fraction of sp³-hybridized carbons (Fsp3) is 0.333. The summed E-state index contributed by atoms with van der Waals surface area (Å²) in [7, 11) is 3.72. The molecule has 3 heterocycles. The maximum atomic E-state index is 9.25. The summed E-state index contributed by atoms with van der Waals surface area (Å²) in [5.74, 6) is 0.917. The van der Waals surface area contributed by atoms with Crippen LogP contribution in [0.5, 0.6) is 0 Å². The molecule has 9 heteroatoms. The van der Waals surface area contributed by atoms with Crippen LogP contribution in [0.15, 0.2) is 30.1 Å². The van der Waals surface area contributed by atoms with Crippen molar-refractivity contribution in [3.05, 3.63) is 57.4 Å². The van der Waals surface area contributed by atoms with Crippen LogP contribution in [0.3, 0.4) is 0 Å². The zero-order valence-corrected chi connectivity index (χ0v) is 19.0. The molecule has 0 amide bonds. The molecule has 7 nitrogen and oxygen atoms in total. The summed E-state index contributed by atoms with van der Waals surface area (Å²) in [6.07, 6.45) is 1.43. The van der Waals surface area contributed by atoms with E-state index in [1.54, 1.807) is 21.7 Å². The van der Waals surface area contributed by atoms with Crippen LogP contribution in [-0.2, 0) is 13.6 Å². The van der Waals surface area contributed by atoms with E-state index in [-0.39, 0.29) is 10.3 Å². The first-order valence-electron chi connectivity index (χ1n) is 9.44. The number of hydrogen-bond donors (Lipinski definition) is 1. The average molecular weight is 444 g/mol. The zero-order valence-electron chi connectivity index (χ0n) is 17.5. The van der Waals surface area contributed by atoms with Crippen molar-refractivity contribution < 1.29 is 0 Å². The zero-order chi connectivity index (χ0) is 22.0. The Kier molecular flexibility index (Phi) is 6.49. The first-order valence-corrected chi connectivity index (χ1v) is 10.2. The second kappa shape index (κ2) is 8.90. The van der Waals surface area contributed by atoms with Gasteiger partial charge in [-0.25, -0.2) is 9.97 Å². The standard InChI is InChI=1S/C21H23Cl2N7/c1-12(2)16-8-14(26-21-20(16)13(3)28-30(21)5)11-25-19(6-7-24)29(4)15-9-17(22)27-18(23)10-15/h6,8-10,12,25H,11H2,1-5H3/b19-6+. The molecule has 0 fully saturated rings. The number of halogens is 2. The molecule has 3 aromatic heterocycles. The Bertz CT molecular complexity index is 1140. The van der Waals surface area contributed by atoms with E-state index in [0.717, 1.165) is 22.4 Å². The van der Waals surface area contributed by atoms with E-state index in [1.807, 2.05) is 21.0 Å². The summed E-state index contributed by atoms with van der Waals surface area (Å²) in [6, 6.07) is 7.53. The van der Waals surface area contributed by atoms with Crippen LogP contribution < -0.4 is 10.2 Å². The minimum absolute atomic E-state index is 0.279. The molecule has 0 saturated heterocycles. The molecular weight excluding hydrogens is 421 g/mol. The Balaban J connectivity index is 1.91. The van der Waals surface area contributed by atoms with Crippen LogP contribution in [-0.4, -0.2) is 26.8 Å². The molecule has 0 radical (unpaired) electrons. The molecule has 0 aliphatic carbocycles. The fourth-order valence-corrected chi connectivity index (χ4v) is 3.82. The fourth-order valence-electron chi connectivity index (χ4n) is 3.37. The normalized spacial score (nSPS) is 11.8. The van der Waals surface area contributed by atoms with Crippen molar-refractivity contribution in [2.45, 2.75) is 33.2 Å². The van der Waals surface area contributed by atoms with Crippen LogP contribution in [0.25, 0.3) is 11.0 Å². The molecule has 0 spiro atoms. The molecule has 30 heavy (non-hydrogen) atoms. The molecule has 0 aromatic carbocycles. The first-order chi connectivity index (χ1) is 14.2. The van der Waals surface area contributed by atoms with E-state index in [0.29, 0.717) is 24.0 Å². The Morgan fingerprint density at radius 2 is 1.93 bits per heavy atom. The third kappa shape index (κ3) is 4.50. The lowest BCUT2D eigenvalue weighted by Crippen LogP contribution is -2.28. The van der Waals surface area contributed by atoms with Crippen molar-refractivity contribution in [2.24, 2.45) is 7.05 Å². The number of fused-ring (bicyclic) bond motifs is 1. The number of nitriles is 1. The summed E-state index contributed by atoms with van der Waals surface area (Å²) < 4.78 is 1.80. The van der Waals surface area contributed by atoms with E-state index in [2.05, 4.69) is 41.4 Å². The highest BCUT2D eigenvalue weighted by atomic mass is 35.5. The van der Waals surface area contributed by atoms with Crippen LogP contribution in [0.4, 0.5) is 5.69 Å². The number of nitrogens with zero attached hydrogens (tertiary/aromatic N) is 6. The van der Waals surface area contributed by atoms with Gasteiger partial charge in [-0.05, 0) is 36.6 Å². The van der Waals surface area contributed by atoms with Gasteiger partial charge in [-0.15, -0.1) is 0 Å². The maximum absolute atomic E-state index is 9.25. The quantitative estimate of drug-likeness (QED) is 0.439.